The van der Waals surface area contributed by atoms with Crippen molar-refractivity contribution in [3.8, 4) is 0 Å². The minimum Gasteiger partial charge on any atom is -0.342 e. The number of rotatable bonds is 1. The largest absolute Gasteiger partial charge is 0.342 e. The van der Waals surface area contributed by atoms with Crippen molar-refractivity contribution in [2.24, 2.45) is 5.92 Å². The number of hydrogen-bond acceptors (Lipinski definition) is 2. The van der Waals surface area contributed by atoms with E-state index in [9.17, 15) is 4.79 Å². The Morgan fingerprint density at radius 1 is 1.29 bits per heavy atom. The number of halogens is 1. The first-order chi connectivity index (χ1) is 6.77. The predicted molar refractivity (Wildman–Crippen MR) is 60.9 cm³/mol. The Bertz CT molecular complexity index is 210. The molecule has 0 saturated carbocycles. The molecule has 0 spiro atoms. The molecule has 1 amide bonds. The van der Waals surface area contributed by atoms with Crippen LogP contribution in [0.1, 0.15) is 19.3 Å². The number of amides is 1. The van der Waals surface area contributed by atoms with Crippen LogP contribution in [0.3, 0.4) is 0 Å². The number of carbonyl (C=O) groups excluding carboxylic acids is 1. The number of alkyl halides is 1. The van der Waals surface area contributed by atoms with Crippen LogP contribution < -0.4 is 0 Å². The molecule has 0 N–H and O–H groups in total. The second kappa shape index (κ2) is 4.75. The van der Waals surface area contributed by atoms with Crippen LogP contribution in [0, 0.1) is 5.92 Å². The lowest BCUT2D eigenvalue weighted by atomic mass is 10.0. The van der Waals surface area contributed by atoms with E-state index < -0.39 is 0 Å². The Balaban J connectivity index is 1.85. The van der Waals surface area contributed by atoms with Gasteiger partial charge in [0.2, 0.25) is 5.91 Å². The van der Waals surface area contributed by atoms with Crippen molar-refractivity contribution < 1.29 is 4.79 Å². The van der Waals surface area contributed by atoms with Crippen molar-refractivity contribution in [2.75, 3.05) is 24.6 Å². The van der Waals surface area contributed by atoms with Crippen LogP contribution in [0.25, 0.3) is 0 Å². The van der Waals surface area contributed by atoms with Gasteiger partial charge in [0.25, 0.3) is 0 Å². The zero-order chi connectivity index (χ0) is 9.97. The molecule has 1 unspecified atom stereocenters. The molecular weight excluding hydrogens is 218 g/mol. The van der Waals surface area contributed by atoms with E-state index in [0.29, 0.717) is 11.8 Å². The van der Waals surface area contributed by atoms with Gasteiger partial charge in [0.15, 0.2) is 0 Å². The molecule has 2 saturated heterocycles. The van der Waals surface area contributed by atoms with Gasteiger partial charge in [-0.15, -0.1) is 11.6 Å². The molecule has 14 heavy (non-hydrogen) atoms. The Morgan fingerprint density at radius 3 is 2.57 bits per heavy atom. The summed E-state index contributed by atoms with van der Waals surface area (Å²) in [7, 11) is 0. The fraction of sp³-hybridized carbons (Fsp3) is 0.900. The van der Waals surface area contributed by atoms with E-state index >= 15 is 0 Å². The predicted octanol–water partition coefficient (Wildman–Crippen LogP) is 1.97. The normalized spacial score (nSPS) is 29.5. The highest BCUT2D eigenvalue weighted by atomic mass is 35.5. The van der Waals surface area contributed by atoms with Gasteiger partial charge in [-0.1, -0.05) is 0 Å². The lowest BCUT2D eigenvalue weighted by Crippen LogP contribution is -2.42. The van der Waals surface area contributed by atoms with Crippen molar-refractivity contribution in [3.05, 3.63) is 0 Å². The van der Waals surface area contributed by atoms with Gasteiger partial charge in [0.1, 0.15) is 0 Å². The van der Waals surface area contributed by atoms with Gasteiger partial charge >= 0.3 is 0 Å². The maximum atomic E-state index is 12.0. The summed E-state index contributed by atoms with van der Waals surface area (Å²) in [5.41, 5.74) is 0. The lowest BCUT2D eigenvalue weighted by molar-refractivity contribution is -0.135. The summed E-state index contributed by atoms with van der Waals surface area (Å²) in [5, 5.41) is 0.289. The first kappa shape index (κ1) is 10.6. The molecule has 2 heterocycles. The molecule has 2 aliphatic heterocycles. The highest BCUT2D eigenvalue weighted by molar-refractivity contribution is 7.99. The third kappa shape index (κ3) is 2.37. The molecule has 80 valence electrons. The average Bonchev–Trinajstić information content (AvgIpc) is 2.71. The summed E-state index contributed by atoms with van der Waals surface area (Å²) >= 11 is 7.91. The van der Waals surface area contributed by atoms with Gasteiger partial charge in [-0.3, -0.25) is 4.79 Å². The fourth-order valence-corrected chi connectivity index (χ4v) is 3.46. The van der Waals surface area contributed by atoms with Gasteiger partial charge in [-0.25, -0.2) is 0 Å². The Kier molecular flexibility index (Phi) is 3.61. The van der Waals surface area contributed by atoms with Crippen molar-refractivity contribution in [2.45, 2.75) is 24.6 Å². The van der Waals surface area contributed by atoms with Crippen LogP contribution in [-0.2, 0) is 4.79 Å². The standard InChI is InChI=1S/C10H16ClNOS/c11-9-1-4-12(5-2-9)10(13)8-3-6-14-7-8/h8-9H,1-7H2. The van der Waals surface area contributed by atoms with Crippen LogP contribution in [0.2, 0.25) is 0 Å². The van der Waals surface area contributed by atoms with Crippen LogP contribution in [0.5, 0.6) is 0 Å². The van der Waals surface area contributed by atoms with E-state index in [1.807, 2.05) is 16.7 Å². The SMILES string of the molecule is O=C(C1CCSC1)N1CCC(Cl)CC1. The van der Waals surface area contributed by atoms with Crippen molar-refractivity contribution >= 4 is 29.3 Å². The summed E-state index contributed by atoms with van der Waals surface area (Å²) in [5.74, 6) is 2.85. The summed E-state index contributed by atoms with van der Waals surface area (Å²) in [6.45, 7) is 1.74. The molecule has 1 atom stereocenters. The number of likely N-dealkylation sites (tertiary alicyclic amines) is 1. The molecule has 0 aromatic rings. The first-order valence-corrected chi connectivity index (χ1v) is 6.87. The van der Waals surface area contributed by atoms with E-state index in [-0.39, 0.29) is 5.38 Å². The highest BCUT2D eigenvalue weighted by Gasteiger charge is 2.29. The van der Waals surface area contributed by atoms with E-state index in [1.54, 1.807) is 0 Å². The molecule has 0 aliphatic carbocycles. The average molecular weight is 234 g/mol. The smallest absolute Gasteiger partial charge is 0.226 e. The summed E-state index contributed by atoms with van der Waals surface area (Å²) < 4.78 is 0. The Morgan fingerprint density at radius 2 is 2.00 bits per heavy atom. The molecular formula is C10H16ClNOS. The molecule has 2 aliphatic rings. The Labute approximate surface area is 94.4 Å². The van der Waals surface area contributed by atoms with Crippen molar-refractivity contribution in [1.82, 2.24) is 4.90 Å². The Hall–Kier alpha value is 0.110. The maximum absolute atomic E-state index is 12.0. The van der Waals surface area contributed by atoms with E-state index in [4.69, 9.17) is 11.6 Å². The minimum absolute atomic E-state index is 0.289. The molecule has 4 heteroatoms. The number of thioether (sulfide) groups is 1. The number of hydrogen-bond donors (Lipinski definition) is 0. The quantitative estimate of drug-likeness (QED) is 0.646. The molecule has 2 rings (SSSR count). The monoisotopic (exact) mass is 233 g/mol. The molecule has 2 nitrogen and oxygen atoms in total. The topological polar surface area (TPSA) is 20.3 Å². The van der Waals surface area contributed by atoms with Crippen molar-refractivity contribution in [1.29, 1.82) is 0 Å². The molecule has 0 bridgehead atoms. The molecule has 2 fully saturated rings. The van der Waals surface area contributed by atoms with Crippen LogP contribution in [0.4, 0.5) is 0 Å². The number of nitrogens with zero attached hydrogens (tertiary/aromatic N) is 1. The third-order valence-electron chi connectivity index (χ3n) is 3.02. The van der Waals surface area contributed by atoms with Gasteiger partial charge in [-0.2, -0.15) is 11.8 Å². The molecule has 0 aromatic carbocycles. The summed E-state index contributed by atoms with van der Waals surface area (Å²) in [6, 6.07) is 0. The summed E-state index contributed by atoms with van der Waals surface area (Å²) in [6.07, 6.45) is 3.00. The van der Waals surface area contributed by atoms with E-state index in [1.165, 1.54) is 0 Å². The number of carbonyl (C=O) groups is 1. The zero-order valence-corrected chi connectivity index (χ0v) is 9.82. The van der Waals surface area contributed by atoms with Crippen LogP contribution >= 0.6 is 23.4 Å². The first-order valence-electron chi connectivity index (χ1n) is 5.28. The third-order valence-corrected chi connectivity index (χ3v) is 4.61. The van der Waals surface area contributed by atoms with Crippen LogP contribution in [0.15, 0.2) is 0 Å². The van der Waals surface area contributed by atoms with Gasteiger partial charge in [0, 0.05) is 30.1 Å². The highest BCUT2D eigenvalue weighted by Crippen LogP contribution is 2.26. The maximum Gasteiger partial charge on any atom is 0.226 e. The van der Waals surface area contributed by atoms with Crippen LogP contribution in [-0.4, -0.2) is 40.8 Å². The lowest BCUT2D eigenvalue weighted by Gasteiger charge is -2.31. The van der Waals surface area contributed by atoms with Gasteiger partial charge in [-0.05, 0) is 25.0 Å². The van der Waals surface area contributed by atoms with Gasteiger partial charge in [0.05, 0.1) is 0 Å². The molecule has 0 radical (unpaired) electrons. The van der Waals surface area contributed by atoms with E-state index in [2.05, 4.69) is 0 Å². The second-order valence-electron chi connectivity index (χ2n) is 4.06. The van der Waals surface area contributed by atoms with Gasteiger partial charge < -0.3 is 4.90 Å². The minimum atomic E-state index is 0.289. The van der Waals surface area contributed by atoms with Crippen molar-refractivity contribution in [3.63, 3.8) is 0 Å². The summed E-state index contributed by atoms with van der Waals surface area (Å²) in [4.78, 5) is 14.0. The molecule has 0 aromatic heterocycles. The zero-order valence-electron chi connectivity index (χ0n) is 8.25. The number of piperidine rings is 1. The van der Waals surface area contributed by atoms with E-state index in [0.717, 1.165) is 43.9 Å². The fourth-order valence-electron chi connectivity index (χ4n) is 2.06. The second-order valence-corrected chi connectivity index (χ2v) is 5.83.